The van der Waals surface area contributed by atoms with Crippen LogP contribution in [0.25, 0.3) is 0 Å². The summed E-state index contributed by atoms with van der Waals surface area (Å²) in [5, 5.41) is 13.0. The van der Waals surface area contributed by atoms with Gasteiger partial charge in [0.05, 0.1) is 10.2 Å². The summed E-state index contributed by atoms with van der Waals surface area (Å²) in [4.78, 5) is 25.4. The molecular weight excluding hydrogens is 420 g/mol. The van der Waals surface area contributed by atoms with E-state index in [4.69, 9.17) is 11.6 Å². The number of aromatic nitrogens is 2. The highest BCUT2D eigenvalue weighted by atomic mass is 79.9. The largest absolute Gasteiger partial charge is 0.325 e. The number of aryl methyl sites for hydroxylation is 1. The molecule has 0 aliphatic carbocycles. The van der Waals surface area contributed by atoms with Gasteiger partial charge in [0.2, 0.25) is 5.91 Å². The average molecular weight is 442 g/mol. The summed E-state index contributed by atoms with van der Waals surface area (Å²) in [7, 11) is 1.76. The van der Waals surface area contributed by atoms with Crippen LogP contribution in [0.15, 0.2) is 28.7 Å². The molecule has 1 heterocycles. The van der Waals surface area contributed by atoms with Crippen molar-refractivity contribution in [1.29, 1.82) is 0 Å². The van der Waals surface area contributed by atoms with Crippen molar-refractivity contribution in [3.8, 4) is 0 Å². The van der Waals surface area contributed by atoms with Crippen molar-refractivity contribution in [3.63, 3.8) is 0 Å². The molecule has 0 aliphatic rings. The molecule has 0 aliphatic heterocycles. The lowest BCUT2D eigenvalue weighted by Crippen LogP contribution is -2.37. The van der Waals surface area contributed by atoms with Gasteiger partial charge in [0.1, 0.15) is 11.7 Å². The summed E-state index contributed by atoms with van der Waals surface area (Å²) in [6, 6.07) is 7.57. The normalized spacial score (nSPS) is 13.3. The zero-order valence-electron chi connectivity index (χ0n) is 14.9. The Labute approximate surface area is 166 Å². The van der Waals surface area contributed by atoms with Crippen molar-refractivity contribution in [1.82, 2.24) is 15.5 Å². The highest BCUT2D eigenvalue weighted by Crippen LogP contribution is 2.34. The molecule has 1 aromatic heterocycles. The molecule has 2 rings (SSSR count). The first-order valence-electron chi connectivity index (χ1n) is 8.33. The number of amides is 1. The molecule has 140 valence electrons. The number of benzene rings is 1. The van der Waals surface area contributed by atoms with Gasteiger partial charge in [-0.25, -0.2) is 0 Å². The first-order valence-corrected chi connectivity index (χ1v) is 9.50. The number of carbonyl (C=O) groups excluding carboxylic acids is 2. The van der Waals surface area contributed by atoms with E-state index in [1.807, 2.05) is 31.2 Å². The number of likely N-dealkylation sites (N-methyl/N-ethyl adjacent to an activating group) is 1. The number of hydrogen-bond donors (Lipinski definition) is 3. The second kappa shape index (κ2) is 9.30. The molecule has 6 nitrogen and oxygen atoms in total. The lowest BCUT2D eigenvalue weighted by atomic mass is 9.85. The molecule has 1 aromatic carbocycles. The van der Waals surface area contributed by atoms with Gasteiger partial charge in [-0.3, -0.25) is 14.7 Å². The Kier molecular flexibility index (Phi) is 7.37. The molecule has 0 radical (unpaired) electrons. The molecule has 26 heavy (non-hydrogen) atoms. The Bertz CT molecular complexity index is 793. The average Bonchev–Trinajstić information content (AvgIpc) is 2.93. The maximum absolute atomic E-state index is 13.0. The van der Waals surface area contributed by atoms with E-state index in [2.05, 4.69) is 36.8 Å². The summed E-state index contributed by atoms with van der Waals surface area (Å²) < 4.78 is 0.562. The predicted molar refractivity (Wildman–Crippen MR) is 107 cm³/mol. The van der Waals surface area contributed by atoms with Crippen LogP contribution < -0.4 is 10.6 Å². The minimum Gasteiger partial charge on any atom is -0.325 e. The van der Waals surface area contributed by atoms with Crippen LogP contribution in [0, 0.1) is 5.92 Å². The van der Waals surface area contributed by atoms with Crippen LogP contribution in [0.5, 0.6) is 0 Å². The van der Waals surface area contributed by atoms with Crippen molar-refractivity contribution >= 4 is 44.9 Å². The SMILES string of the molecule is CCc1ccccc1NC(=O)[C@@H](C(C)=O)[C@H](CNC)c1[nH]nc(Cl)c1Br. The minimum absolute atomic E-state index is 0.227. The first-order chi connectivity index (χ1) is 12.4. The number of nitrogens with zero attached hydrogens (tertiary/aromatic N) is 1. The summed E-state index contributed by atoms with van der Waals surface area (Å²) >= 11 is 9.39. The smallest absolute Gasteiger partial charge is 0.235 e. The van der Waals surface area contributed by atoms with E-state index in [1.54, 1.807) is 7.05 Å². The fraction of sp³-hybridized carbons (Fsp3) is 0.389. The maximum atomic E-state index is 13.0. The van der Waals surface area contributed by atoms with Crippen molar-refractivity contribution < 1.29 is 9.59 Å². The van der Waals surface area contributed by atoms with Gasteiger partial charge in [0.15, 0.2) is 5.15 Å². The molecule has 0 saturated heterocycles. The fourth-order valence-electron chi connectivity index (χ4n) is 2.98. The number of aromatic amines is 1. The zero-order chi connectivity index (χ0) is 19.3. The van der Waals surface area contributed by atoms with Crippen molar-refractivity contribution in [3.05, 3.63) is 45.1 Å². The molecule has 1 amide bonds. The molecule has 0 unspecified atom stereocenters. The molecule has 0 spiro atoms. The van der Waals surface area contributed by atoms with Gasteiger partial charge in [0.25, 0.3) is 0 Å². The number of ketones is 1. The maximum Gasteiger partial charge on any atom is 0.235 e. The Balaban J connectivity index is 2.37. The van der Waals surface area contributed by atoms with E-state index in [0.29, 0.717) is 16.7 Å². The Hall–Kier alpha value is -1.70. The molecule has 2 atom stereocenters. The summed E-state index contributed by atoms with van der Waals surface area (Å²) in [6.07, 6.45) is 0.781. The second-order valence-electron chi connectivity index (χ2n) is 5.99. The van der Waals surface area contributed by atoms with E-state index in [1.165, 1.54) is 6.92 Å². The number of H-pyrrole nitrogens is 1. The second-order valence-corrected chi connectivity index (χ2v) is 7.15. The van der Waals surface area contributed by atoms with E-state index >= 15 is 0 Å². The number of rotatable bonds is 8. The fourth-order valence-corrected chi connectivity index (χ4v) is 3.60. The number of anilines is 1. The monoisotopic (exact) mass is 440 g/mol. The van der Waals surface area contributed by atoms with Gasteiger partial charge in [-0.05, 0) is 48.0 Å². The van der Waals surface area contributed by atoms with E-state index in [0.717, 1.165) is 17.7 Å². The van der Waals surface area contributed by atoms with Gasteiger partial charge in [-0.1, -0.05) is 36.7 Å². The zero-order valence-corrected chi connectivity index (χ0v) is 17.2. The lowest BCUT2D eigenvalue weighted by Gasteiger charge is -2.24. The number of halogens is 2. The molecule has 2 aromatic rings. The van der Waals surface area contributed by atoms with Gasteiger partial charge < -0.3 is 10.6 Å². The molecule has 0 bridgehead atoms. The number of Topliss-reactive ketones (excluding diaryl/α,β-unsaturated/α-hetero) is 1. The first kappa shape index (κ1) is 20.6. The van der Waals surface area contributed by atoms with Crippen molar-refractivity contribution in [2.75, 3.05) is 18.9 Å². The number of carbonyl (C=O) groups is 2. The van der Waals surface area contributed by atoms with Gasteiger partial charge in [0, 0.05) is 18.2 Å². The Morgan fingerprint density at radius 2 is 2.04 bits per heavy atom. The molecule has 3 N–H and O–H groups in total. The van der Waals surface area contributed by atoms with Crippen molar-refractivity contribution in [2.24, 2.45) is 5.92 Å². The number of nitrogens with one attached hydrogen (secondary N) is 3. The molecule has 0 fully saturated rings. The van der Waals surface area contributed by atoms with E-state index in [-0.39, 0.29) is 16.8 Å². The van der Waals surface area contributed by atoms with Gasteiger partial charge >= 0.3 is 0 Å². The predicted octanol–water partition coefficient (Wildman–Crippen LogP) is 3.53. The molecule has 8 heteroatoms. The highest BCUT2D eigenvalue weighted by Gasteiger charge is 2.36. The number of hydrogen-bond acceptors (Lipinski definition) is 4. The van der Waals surface area contributed by atoms with Gasteiger partial charge in [-0.2, -0.15) is 5.10 Å². The summed E-state index contributed by atoms with van der Waals surface area (Å²) in [5.74, 6) is -1.91. The van der Waals surface area contributed by atoms with Crippen LogP contribution >= 0.6 is 27.5 Å². The third kappa shape index (κ3) is 4.52. The van der Waals surface area contributed by atoms with Crippen LogP contribution in [-0.4, -0.2) is 35.5 Å². The van der Waals surface area contributed by atoms with Crippen LogP contribution in [-0.2, 0) is 16.0 Å². The molecule has 0 saturated carbocycles. The van der Waals surface area contributed by atoms with Crippen LogP contribution in [0.2, 0.25) is 5.15 Å². The lowest BCUT2D eigenvalue weighted by molar-refractivity contribution is -0.130. The molecular formula is C18H22BrClN4O2. The summed E-state index contributed by atoms with van der Waals surface area (Å²) in [6.45, 7) is 3.84. The third-order valence-corrected chi connectivity index (χ3v) is 5.57. The topological polar surface area (TPSA) is 86.9 Å². The van der Waals surface area contributed by atoms with Crippen LogP contribution in [0.3, 0.4) is 0 Å². The quantitative estimate of drug-likeness (QED) is 0.547. The van der Waals surface area contributed by atoms with Gasteiger partial charge in [-0.15, -0.1) is 0 Å². The standard InChI is InChI=1S/C18H22BrClN4O2/c1-4-11-7-5-6-8-13(11)22-18(26)14(10(2)25)12(9-21-3)16-15(19)17(20)24-23-16/h5-8,12,14,21H,4,9H2,1-3H3,(H,22,26)(H,23,24)/t12-,14-/m0/s1. The van der Waals surface area contributed by atoms with E-state index in [9.17, 15) is 9.59 Å². The van der Waals surface area contributed by atoms with E-state index < -0.39 is 11.8 Å². The Morgan fingerprint density at radius 3 is 2.58 bits per heavy atom. The number of para-hydroxylation sites is 1. The summed E-state index contributed by atoms with van der Waals surface area (Å²) in [5.41, 5.74) is 2.35. The van der Waals surface area contributed by atoms with Crippen LogP contribution in [0.1, 0.15) is 31.0 Å². The minimum atomic E-state index is -0.889. The van der Waals surface area contributed by atoms with Crippen LogP contribution in [0.4, 0.5) is 5.69 Å². The third-order valence-electron chi connectivity index (χ3n) is 4.27. The Morgan fingerprint density at radius 1 is 1.35 bits per heavy atom. The highest BCUT2D eigenvalue weighted by molar-refractivity contribution is 9.10. The van der Waals surface area contributed by atoms with Crippen molar-refractivity contribution in [2.45, 2.75) is 26.2 Å².